The largest absolute Gasteiger partial charge is 0.454 e. The van der Waals surface area contributed by atoms with Crippen LogP contribution in [-0.4, -0.2) is 34.8 Å². The summed E-state index contributed by atoms with van der Waals surface area (Å²) >= 11 is 1.24. The van der Waals surface area contributed by atoms with Gasteiger partial charge in [0.15, 0.2) is 11.5 Å². The molecule has 5 rings (SSSR count). The van der Waals surface area contributed by atoms with Gasteiger partial charge in [-0.2, -0.15) is 0 Å². The van der Waals surface area contributed by atoms with Crippen LogP contribution in [0.25, 0.3) is 10.6 Å². The summed E-state index contributed by atoms with van der Waals surface area (Å²) in [5, 5.41) is 14.9. The minimum Gasteiger partial charge on any atom is -0.454 e. The molecule has 2 heterocycles. The van der Waals surface area contributed by atoms with E-state index in [0.29, 0.717) is 33.6 Å². The Bertz CT molecular complexity index is 1360. The molecule has 0 bridgehead atoms. The van der Waals surface area contributed by atoms with E-state index in [2.05, 4.69) is 20.8 Å². The Hall–Kier alpha value is -4.24. The van der Waals surface area contributed by atoms with Crippen molar-refractivity contribution in [2.75, 3.05) is 12.1 Å². The van der Waals surface area contributed by atoms with Crippen LogP contribution in [0.3, 0.4) is 0 Å². The summed E-state index contributed by atoms with van der Waals surface area (Å²) in [6.45, 7) is 2.14. The van der Waals surface area contributed by atoms with Crippen LogP contribution in [0.2, 0.25) is 0 Å². The first-order valence-corrected chi connectivity index (χ1v) is 11.8. The SMILES string of the molecule is Cc1ccc(C(=O)N[C@H](Cc2ccccc2)C(=O)Nc2nnc(-c3ccc4c(c3)OCO4)s2)cc1. The summed E-state index contributed by atoms with van der Waals surface area (Å²) in [7, 11) is 0. The molecule has 0 aliphatic carbocycles. The number of hydrogen-bond donors (Lipinski definition) is 2. The molecule has 0 radical (unpaired) electrons. The third kappa shape index (κ3) is 5.30. The van der Waals surface area contributed by atoms with Gasteiger partial charge in [0.1, 0.15) is 11.0 Å². The zero-order chi connectivity index (χ0) is 24.2. The molecule has 0 fully saturated rings. The van der Waals surface area contributed by atoms with Gasteiger partial charge >= 0.3 is 0 Å². The lowest BCUT2D eigenvalue weighted by molar-refractivity contribution is -0.118. The van der Waals surface area contributed by atoms with E-state index in [9.17, 15) is 9.59 Å². The molecule has 0 unspecified atom stereocenters. The number of rotatable bonds is 7. The third-order valence-electron chi connectivity index (χ3n) is 5.49. The van der Waals surface area contributed by atoms with Crippen LogP contribution in [0.5, 0.6) is 11.5 Å². The highest BCUT2D eigenvalue weighted by Gasteiger charge is 2.24. The van der Waals surface area contributed by atoms with Crippen LogP contribution in [0.1, 0.15) is 21.5 Å². The molecule has 2 N–H and O–H groups in total. The van der Waals surface area contributed by atoms with Gasteiger partial charge in [-0.25, -0.2) is 0 Å². The quantitative estimate of drug-likeness (QED) is 0.406. The number of carbonyl (C=O) groups excluding carboxylic acids is 2. The molecule has 3 aromatic carbocycles. The summed E-state index contributed by atoms with van der Waals surface area (Å²) in [6, 6.07) is 21.4. The second-order valence-electron chi connectivity index (χ2n) is 8.05. The molecule has 1 aliphatic rings. The normalized spacial score (nSPS) is 12.7. The van der Waals surface area contributed by atoms with Crippen LogP contribution < -0.4 is 20.1 Å². The van der Waals surface area contributed by atoms with Gasteiger partial charge in [-0.3, -0.25) is 14.9 Å². The second kappa shape index (κ2) is 9.94. The van der Waals surface area contributed by atoms with Gasteiger partial charge in [0, 0.05) is 17.5 Å². The lowest BCUT2D eigenvalue weighted by atomic mass is 10.0. The van der Waals surface area contributed by atoms with Crippen molar-refractivity contribution in [2.24, 2.45) is 0 Å². The summed E-state index contributed by atoms with van der Waals surface area (Å²) in [6.07, 6.45) is 0.331. The fraction of sp³-hybridized carbons (Fsp3) is 0.154. The molecule has 176 valence electrons. The number of aromatic nitrogens is 2. The Labute approximate surface area is 205 Å². The van der Waals surface area contributed by atoms with E-state index in [0.717, 1.165) is 16.7 Å². The standard InChI is InChI=1S/C26H22N4O4S/c1-16-7-9-18(10-8-16)23(31)27-20(13-17-5-3-2-4-6-17)24(32)28-26-30-29-25(35-26)19-11-12-21-22(14-19)34-15-33-21/h2-12,14,20H,13,15H2,1H3,(H,27,31)(H,28,30,32)/t20-/m1/s1. The number of fused-ring (bicyclic) bond motifs is 1. The number of ether oxygens (including phenoxy) is 2. The summed E-state index contributed by atoms with van der Waals surface area (Å²) in [5.41, 5.74) is 3.27. The molecular formula is C26H22N4O4S. The Kier molecular flexibility index (Phi) is 6.40. The molecule has 1 aliphatic heterocycles. The zero-order valence-electron chi connectivity index (χ0n) is 18.9. The minimum absolute atomic E-state index is 0.188. The molecule has 0 saturated heterocycles. The van der Waals surface area contributed by atoms with Gasteiger partial charge in [-0.05, 0) is 42.8 Å². The van der Waals surface area contributed by atoms with Gasteiger partial charge in [-0.1, -0.05) is 59.4 Å². The van der Waals surface area contributed by atoms with E-state index >= 15 is 0 Å². The van der Waals surface area contributed by atoms with Gasteiger partial charge in [0.25, 0.3) is 5.91 Å². The van der Waals surface area contributed by atoms with E-state index in [1.807, 2.05) is 67.6 Å². The number of nitrogens with zero attached hydrogens (tertiary/aromatic N) is 2. The third-order valence-corrected chi connectivity index (χ3v) is 6.38. The van der Waals surface area contributed by atoms with Gasteiger partial charge in [-0.15, -0.1) is 10.2 Å². The number of nitrogens with one attached hydrogen (secondary N) is 2. The molecule has 1 aromatic heterocycles. The molecule has 8 nitrogen and oxygen atoms in total. The predicted molar refractivity (Wildman–Crippen MR) is 133 cm³/mol. The van der Waals surface area contributed by atoms with E-state index in [-0.39, 0.29) is 18.6 Å². The molecular weight excluding hydrogens is 464 g/mol. The van der Waals surface area contributed by atoms with Crippen molar-refractivity contribution in [3.63, 3.8) is 0 Å². The number of anilines is 1. The summed E-state index contributed by atoms with van der Waals surface area (Å²) < 4.78 is 10.8. The smallest absolute Gasteiger partial charge is 0.251 e. The van der Waals surface area contributed by atoms with Crippen LogP contribution in [0.4, 0.5) is 5.13 Å². The number of amides is 2. The molecule has 35 heavy (non-hydrogen) atoms. The van der Waals surface area contributed by atoms with E-state index in [4.69, 9.17) is 9.47 Å². The minimum atomic E-state index is -0.802. The fourth-order valence-corrected chi connectivity index (χ4v) is 4.36. The highest BCUT2D eigenvalue weighted by Crippen LogP contribution is 2.37. The first-order chi connectivity index (χ1) is 17.0. The summed E-state index contributed by atoms with van der Waals surface area (Å²) in [5.74, 6) is 0.631. The van der Waals surface area contributed by atoms with Gasteiger partial charge < -0.3 is 14.8 Å². The van der Waals surface area contributed by atoms with Crippen LogP contribution in [0, 0.1) is 6.92 Å². The maximum absolute atomic E-state index is 13.2. The number of benzene rings is 3. The lowest BCUT2D eigenvalue weighted by Gasteiger charge is -2.18. The maximum atomic E-state index is 13.2. The zero-order valence-corrected chi connectivity index (χ0v) is 19.7. The van der Waals surface area contributed by atoms with Crippen molar-refractivity contribution >= 4 is 28.3 Å². The molecule has 9 heteroatoms. The Morgan fingerprint density at radius 3 is 2.54 bits per heavy atom. The monoisotopic (exact) mass is 486 g/mol. The van der Waals surface area contributed by atoms with Crippen molar-refractivity contribution in [3.05, 3.63) is 89.5 Å². The first kappa shape index (κ1) is 22.5. The van der Waals surface area contributed by atoms with Crippen LogP contribution in [0.15, 0.2) is 72.8 Å². The van der Waals surface area contributed by atoms with Gasteiger partial charge in [0.2, 0.25) is 17.8 Å². The molecule has 0 saturated carbocycles. The van der Waals surface area contributed by atoms with E-state index < -0.39 is 6.04 Å². The second-order valence-corrected chi connectivity index (χ2v) is 9.03. The first-order valence-electron chi connectivity index (χ1n) is 11.0. The van der Waals surface area contributed by atoms with Crippen molar-refractivity contribution in [1.82, 2.24) is 15.5 Å². The average Bonchev–Trinajstić information content (AvgIpc) is 3.53. The van der Waals surface area contributed by atoms with E-state index in [1.165, 1.54) is 11.3 Å². The molecule has 4 aromatic rings. The number of aryl methyl sites for hydroxylation is 1. The van der Waals surface area contributed by atoms with Crippen molar-refractivity contribution in [1.29, 1.82) is 0 Å². The lowest BCUT2D eigenvalue weighted by Crippen LogP contribution is -2.45. The molecule has 0 spiro atoms. The van der Waals surface area contributed by atoms with Crippen molar-refractivity contribution < 1.29 is 19.1 Å². The van der Waals surface area contributed by atoms with Crippen molar-refractivity contribution in [3.8, 4) is 22.1 Å². The Balaban J connectivity index is 1.32. The van der Waals surface area contributed by atoms with Gasteiger partial charge in [0.05, 0.1) is 0 Å². The Morgan fingerprint density at radius 2 is 1.74 bits per heavy atom. The van der Waals surface area contributed by atoms with Crippen LogP contribution >= 0.6 is 11.3 Å². The summed E-state index contributed by atoms with van der Waals surface area (Å²) in [4.78, 5) is 26.1. The fourth-order valence-electron chi connectivity index (χ4n) is 3.62. The van der Waals surface area contributed by atoms with E-state index in [1.54, 1.807) is 12.1 Å². The van der Waals surface area contributed by atoms with Crippen LogP contribution in [-0.2, 0) is 11.2 Å². The van der Waals surface area contributed by atoms with Crippen molar-refractivity contribution in [2.45, 2.75) is 19.4 Å². The maximum Gasteiger partial charge on any atom is 0.251 e. The average molecular weight is 487 g/mol. The Morgan fingerprint density at radius 1 is 0.971 bits per heavy atom. The molecule has 2 amide bonds. The highest BCUT2D eigenvalue weighted by molar-refractivity contribution is 7.18. The topological polar surface area (TPSA) is 102 Å². The number of carbonyl (C=O) groups is 2. The number of hydrogen-bond acceptors (Lipinski definition) is 7. The highest BCUT2D eigenvalue weighted by atomic mass is 32.1. The predicted octanol–water partition coefficient (Wildman–Crippen LogP) is 4.22. The molecule has 1 atom stereocenters.